The molecule has 0 unspecified atom stereocenters. The minimum atomic E-state index is -1.20. The van der Waals surface area contributed by atoms with Gasteiger partial charge in [-0.05, 0) is 29.8 Å². The molecule has 8 nitrogen and oxygen atoms in total. The van der Waals surface area contributed by atoms with Gasteiger partial charge >= 0.3 is 5.97 Å². The number of nitrogens with zero attached hydrogens (tertiary/aromatic N) is 2. The third-order valence-electron chi connectivity index (χ3n) is 4.17. The van der Waals surface area contributed by atoms with Crippen LogP contribution in [0.25, 0.3) is 0 Å². The van der Waals surface area contributed by atoms with Crippen LogP contribution in [-0.2, 0) is 16.0 Å². The number of carbonyl (C=O) groups excluding carboxylic acids is 2. The summed E-state index contributed by atoms with van der Waals surface area (Å²) in [6.45, 7) is 2.35. The standard InChI is InChI=1S/C19H19N3O5/c23-17(22-7-9-27-10-8-22)11-13-1-3-15(4-2-13)21-18(24)14-5-6-20-16(12-14)19(25)26/h1-6,12H,7-11H2,(H,21,24)(H,25,26). The van der Waals surface area contributed by atoms with Crippen molar-refractivity contribution in [1.29, 1.82) is 0 Å². The first-order valence-electron chi connectivity index (χ1n) is 8.48. The highest BCUT2D eigenvalue weighted by Gasteiger charge is 2.17. The smallest absolute Gasteiger partial charge is 0.354 e. The molecule has 1 saturated heterocycles. The number of nitrogens with one attached hydrogen (secondary N) is 1. The number of aromatic nitrogens is 1. The van der Waals surface area contributed by atoms with Gasteiger partial charge < -0.3 is 20.1 Å². The summed E-state index contributed by atoms with van der Waals surface area (Å²) >= 11 is 0. The molecule has 0 atom stereocenters. The Bertz CT molecular complexity index is 845. The lowest BCUT2D eigenvalue weighted by atomic mass is 10.1. The van der Waals surface area contributed by atoms with Crippen LogP contribution in [0.1, 0.15) is 26.4 Å². The van der Waals surface area contributed by atoms with Crippen molar-refractivity contribution >= 4 is 23.5 Å². The lowest BCUT2D eigenvalue weighted by Crippen LogP contribution is -2.41. The number of amides is 2. The zero-order valence-electron chi connectivity index (χ0n) is 14.6. The van der Waals surface area contributed by atoms with Crippen molar-refractivity contribution in [1.82, 2.24) is 9.88 Å². The Hall–Kier alpha value is -3.26. The highest BCUT2D eigenvalue weighted by molar-refractivity contribution is 6.05. The van der Waals surface area contributed by atoms with Gasteiger partial charge in [0, 0.05) is 30.5 Å². The molecule has 8 heteroatoms. The van der Waals surface area contributed by atoms with Gasteiger partial charge in [0.15, 0.2) is 0 Å². The first-order chi connectivity index (χ1) is 13.0. The number of carbonyl (C=O) groups is 3. The van der Waals surface area contributed by atoms with Gasteiger partial charge in [-0.1, -0.05) is 12.1 Å². The van der Waals surface area contributed by atoms with E-state index in [4.69, 9.17) is 9.84 Å². The van der Waals surface area contributed by atoms with Crippen LogP contribution in [0.4, 0.5) is 5.69 Å². The maximum Gasteiger partial charge on any atom is 0.354 e. The number of carboxylic acid groups (broad SMARTS) is 1. The quantitative estimate of drug-likeness (QED) is 0.825. The van der Waals surface area contributed by atoms with Gasteiger partial charge in [0.2, 0.25) is 5.91 Å². The number of hydrogen-bond donors (Lipinski definition) is 2. The number of pyridine rings is 1. The summed E-state index contributed by atoms with van der Waals surface area (Å²) in [4.78, 5) is 40.9. The van der Waals surface area contributed by atoms with Crippen molar-refractivity contribution in [2.45, 2.75) is 6.42 Å². The molecule has 0 radical (unpaired) electrons. The van der Waals surface area contributed by atoms with Crippen molar-refractivity contribution in [3.05, 3.63) is 59.4 Å². The van der Waals surface area contributed by atoms with E-state index in [2.05, 4.69) is 10.3 Å². The number of rotatable bonds is 5. The summed E-state index contributed by atoms with van der Waals surface area (Å²) < 4.78 is 5.24. The molecule has 1 aromatic heterocycles. The maximum atomic E-state index is 12.3. The first kappa shape index (κ1) is 18.5. The fourth-order valence-corrected chi connectivity index (χ4v) is 2.70. The summed E-state index contributed by atoms with van der Waals surface area (Å²) in [5.74, 6) is -1.58. The fourth-order valence-electron chi connectivity index (χ4n) is 2.70. The lowest BCUT2D eigenvalue weighted by Gasteiger charge is -2.26. The molecule has 0 bridgehead atoms. The number of hydrogen-bond acceptors (Lipinski definition) is 5. The highest BCUT2D eigenvalue weighted by Crippen LogP contribution is 2.13. The minimum Gasteiger partial charge on any atom is -0.477 e. The summed E-state index contributed by atoms with van der Waals surface area (Å²) in [6, 6.07) is 9.63. The molecule has 1 aliphatic rings. The second-order valence-corrected chi connectivity index (χ2v) is 6.06. The number of anilines is 1. The molecule has 1 fully saturated rings. The molecule has 1 aromatic carbocycles. The zero-order valence-corrected chi connectivity index (χ0v) is 14.6. The van der Waals surface area contributed by atoms with Crippen LogP contribution in [-0.4, -0.2) is 59.1 Å². The van der Waals surface area contributed by atoms with E-state index >= 15 is 0 Å². The SMILES string of the molecule is O=C(Nc1ccc(CC(=O)N2CCOCC2)cc1)c1ccnc(C(=O)O)c1. The molecule has 2 heterocycles. The van der Waals surface area contributed by atoms with E-state index < -0.39 is 11.9 Å². The van der Waals surface area contributed by atoms with Gasteiger partial charge in [0.1, 0.15) is 5.69 Å². The molecule has 1 aliphatic heterocycles. The van der Waals surface area contributed by atoms with Crippen LogP contribution in [0, 0.1) is 0 Å². The first-order valence-corrected chi connectivity index (χ1v) is 8.48. The second-order valence-electron chi connectivity index (χ2n) is 6.06. The molecule has 2 N–H and O–H groups in total. The average molecular weight is 369 g/mol. The third-order valence-corrected chi connectivity index (χ3v) is 4.17. The maximum absolute atomic E-state index is 12.3. The highest BCUT2D eigenvalue weighted by atomic mass is 16.5. The number of ether oxygens (including phenoxy) is 1. The van der Waals surface area contributed by atoms with E-state index in [0.29, 0.717) is 38.4 Å². The van der Waals surface area contributed by atoms with Crippen LogP contribution in [0.15, 0.2) is 42.6 Å². The van der Waals surface area contributed by atoms with Crippen molar-refractivity contribution in [3.63, 3.8) is 0 Å². The third kappa shape index (κ3) is 4.89. The average Bonchev–Trinajstić information content (AvgIpc) is 2.70. The van der Waals surface area contributed by atoms with E-state index in [9.17, 15) is 14.4 Å². The Kier molecular flexibility index (Phi) is 5.77. The molecule has 0 aliphatic carbocycles. The molecule has 0 saturated carbocycles. The van der Waals surface area contributed by atoms with Gasteiger partial charge in [-0.15, -0.1) is 0 Å². The van der Waals surface area contributed by atoms with Crippen LogP contribution < -0.4 is 5.32 Å². The molecular weight excluding hydrogens is 350 g/mol. The number of morpholine rings is 1. The number of carboxylic acids is 1. The number of benzene rings is 1. The summed E-state index contributed by atoms with van der Waals surface area (Å²) in [6.07, 6.45) is 1.57. The molecular formula is C19H19N3O5. The molecule has 2 aromatic rings. The van der Waals surface area contributed by atoms with Crippen LogP contribution >= 0.6 is 0 Å². The monoisotopic (exact) mass is 369 g/mol. The van der Waals surface area contributed by atoms with Crippen molar-refractivity contribution < 1.29 is 24.2 Å². The van der Waals surface area contributed by atoms with E-state index in [0.717, 1.165) is 5.56 Å². The Morgan fingerprint density at radius 3 is 2.48 bits per heavy atom. The summed E-state index contributed by atoms with van der Waals surface area (Å²) in [5.41, 5.74) is 1.41. The van der Waals surface area contributed by atoms with Crippen molar-refractivity contribution in [2.24, 2.45) is 0 Å². The van der Waals surface area contributed by atoms with Gasteiger partial charge in [-0.3, -0.25) is 9.59 Å². The van der Waals surface area contributed by atoms with Crippen LogP contribution in [0.5, 0.6) is 0 Å². The minimum absolute atomic E-state index is 0.0491. The molecule has 3 rings (SSSR count). The van der Waals surface area contributed by atoms with Crippen molar-refractivity contribution in [2.75, 3.05) is 31.6 Å². The molecule has 0 spiro atoms. The molecule has 2 amide bonds. The van der Waals surface area contributed by atoms with Crippen LogP contribution in [0.3, 0.4) is 0 Å². The van der Waals surface area contributed by atoms with Gasteiger partial charge in [0.05, 0.1) is 19.6 Å². The Labute approximate surface area is 155 Å². The van der Waals surface area contributed by atoms with E-state index in [1.54, 1.807) is 29.2 Å². The van der Waals surface area contributed by atoms with Gasteiger partial charge in [0.25, 0.3) is 5.91 Å². The predicted octanol–water partition coefficient (Wildman–Crippen LogP) is 1.43. The summed E-state index contributed by atoms with van der Waals surface area (Å²) in [5, 5.41) is 11.6. The Morgan fingerprint density at radius 1 is 1.11 bits per heavy atom. The van der Waals surface area contributed by atoms with E-state index in [-0.39, 0.29) is 17.2 Å². The zero-order chi connectivity index (χ0) is 19.2. The fraction of sp³-hybridized carbons (Fsp3) is 0.263. The Balaban J connectivity index is 1.60. The topological polar surface area (TPSA) is 109 Å². The normalized spacial score (nSPS) is 13.9. The van der Waals surface area contributed by atoms with E-state index in [1.165, 1.54) is 18.3 Å². The Morgan fingerprint density at radius 2 is 1.81 bits per heavy atom. The second kappa shape index (κ2) is 8.41. The lowest BCUT2D eigenvalue weighted by molar-refractivity contribution is -0.134. The molecule has 27 heavy (non-hydrogen) atoms. The van der Waals surface area contributed by atoms with Crippen LogP contribution in [0.2, 0.25) is 0 Å². The largest absolute Gasteiger partial charge is 0.477 e. The molecule has 140 valence electrons. The summed E-state index contributed by atoms with van der Waals surface area (Å²) in [7, 11) is 0. The van der Waals surface area contributed by atoms with Gasteiger partial charge in [-0.2, -0.15) is 0 Å². The van der Waals surface area contributed by atoms with Gasteiger partial charge in [-0.25, -0.2) is 9.78 Å². The predicted molar refractivity (Wildman–Crippen MR) is 96.7 cm³/mol. The number of aromatic carboxylic acids is 1. The van der Waals surface area contributed by atoms with Crippen molar-refractivity contribution in [3.8, 4) is 0 Å². The van der Waals surface area contributed by atoms with E-state index in [1.807, 2.05) is 0 Å².